The lowest BCUT2D eigenvalue weighted by Gasteiger charge is -2.19. The van der Waals surface area contributed by atoms with Crippen LogP contribution in [0, 0.1) is 0 Å². The molecule has 4 N–H and O–H groups in total. The minimum atomic E-state index is -1.12. The summed E-state index contributed by atoms with van der Waals surface area (Å²) in [7, 11) is 0. The highest BCUT2D eigenvalue weighted by Gasteiger charge is 2.18. The van der Waals surface area contributed by atoms with Gasteiger partial charge >= 0.3 is 23.9 Å². The van der Waals surface area contributed by atoms with E-state index >= 15 is 0 Å². The van der Waals surface area contributed by atoms with Gasteiger partial charge in [-0.25, -0.2) is 19.2 Å². The third kappa shape index (κ3) is 12.9. The standard InChI is InChI=1S/C38H26O8.4C2H6/c39-33(40)13-9-23-17-24(10-14-34(41)42)20-27(19-23)37-29-5-1-2-6-30(29)38(32-8-4-3-7-31(32)37)28-21-25(11-15-35(43)44)18-26(22-28)12-16-36(45)46;4*1-2/h1-22H,(H,39,40)(H,41,42)(H,43,44)(H,45,46);4*1-2H3/b13-9+,14-10+,15-11+,16-12+;;;;. The molecule has 0 aliphatic rings. The average molecular weight is 731 g/mol. The number of carboxylic acid groups (broad SMARTS) is 4. The Kier molecular flexibility index (Phi) is 20.1. The van der Waals surface area contributed by atoms with Gasteiger partial charge in [0.25, 0.3) is 0 Å². The maximum absolute atomic E-state index is 11.3. The number of benzene rings is 5. The third-order valence-electron chi connectivity index (χ3n) is 7.14. The summed E-state index contributed by atoms with van der Waals surface area (Å²) in [6.45, 7) is 16.0. The van der Waals surface area contributed by atoms with Crippen LogP contribution in [-0.4, -0.2) is 44.3 Å². The highest BCUT2D eigenvalue weighted by molar-refractivity contribution is 6.21. The van der Waals surface area contributed by atoms with Gasteiger partial charge in [0.05, 0.1) is 0 Å². The molecule has 0 fully saturated rings. The first-order valence-electron chi connectivity index (χ1n) is 18.0. The highest BCUT2D eigenvalue weighted by Crippen LogP contribution is 2.44. The van der Waals surface area contributed by atoms with Crippen molar-refractivity contribution in [1.82, 2.24) is 0 Å². The molecule has 5 aromatic carbocycles. The van der Waals surface area contributed by atoms with Crippen LogP contribution in [0.15, 0.2) is 109 Å². The van der Waals surface area contributed by atoms with E-state index in [2.05, 4.69) is 0 Å². The van der Waals surface area contributed by atoms with Crippen molar-refractivity contribution < 1.29 is 39.6 Å². The van der Waals surface area contributed by atoms with Crippen LogP contribution < -0.4 is 0 Å². The molecule has 0 aliphatic carbocycles. The summed E-state index contributed by atoms with van der Waals surface area (Å²) in [4.78, 5) is 45.2. The third-order valence-corrected chi connectivity index (χ3v) is 7.14. The van der Waals surface area contributed by atoms with E-state index in [0.29, 0.717) is 22.3 Å². The number of hydrogen-bond acceptors (Lipinski definition) is 4. The predicted molar refractivity (Wildman–Crippen MR) is 224 cm³/mol. The van der Waals surface area contributed by atoms with Gasteiger partial charge in [0, 0.05) is 24.3 Å². The number of hydrogen-bond donors (Lipinski definition) is 4. The Hall–Kier alpha value is -6.54. The topological polar surface area (TPSA) is 149 Å². The van der Waals surface area contributed by atoms with Crippen LogP contribution in [0.2, 0.25) is 0 Å². The van der Waals surface area contributed by atoms with Crippen molar-refractivity contribution in [2.45, 2.75) is 55.4 Å². The van der Waals surface area contributed by atoms with E-state index in [4.69, 9.17) is 0 Å². The minimum Gasteiger partial charge on any atom is -0.478 e. The van der Waals surface area contributed by atoms with E-state index in [1.807, 2.05) is 128 Å². The summed E-state index contributed by atoms with van der Waals surface area (Å²) >= 11 is 0. The molecule has 8 heteroatoms. The van der Waals surface area contributed by atoms with E-state index in [9.17, 15) is 39.6 Å². The molecule has 282 valence electrons. The Balaban J connectivity index is 0.00000171. The fourth-order valence-corrected chi connectivity index (χ4v) is 5.45. The molecule has 0 unspecified atom stereocenters. The lowest BCUT2D eigenvalue weighted by molar-refractivity contribution is -0.132. The Bertz CT molecular complexity index is 1870. The second kappa shape index (κ2) is 23.8. The lowest BCUT2D eigenvalue weighted by atomic mass is 9.84. The summed E-state index contributed by atoms with van der Waals surface area (Å²) < 4.78 is 0. The van der Waals surface area contributed by atoms with Crippen molar-refractivity contribution in [3.63, 3.8) is 0 Å². The zero-order chi connectivity index (χ0) is 40.8. The molecular formula is C46H50O8. The first-order chi connectivity index (χ1) is 26.1. The first-order valence-corrected chi connectivity index (χ1v) is 18.0. The summed E-state index contributed by atoms with van der Waals surface area (Å²) in [5, 5.41) is 40.4. The molecule has 0 heterocycles. The van der Waals surface area contributed by atoms with E-state index < -0.39 is 23.9 Å². The number of fused-ring (bicyclic) bond motifs is 2. The van der Waals surface area contributed by atoms with Crippen LogP contribution in [0.4, 0.5) is 0 Å². The summed E-state index contributed by atoms with van der Waals surface area (Å²) in [5.74, 6) is -4.48. The highest BCUT2D eigenvalue weighted by atomic mass is 16.4. The molecular weight excluding hydrogens is 680 g/mol. The number of aliphatic carboxylic acids is 4. The van der Waals surface area contributed by atoms with Crippen LogP contribution in [0.3, 0.4) is 0 Å². The maximum Gasteiger partial charge on any atom is 0.328 e. The zero-order valence-electron chi connectivity index (χ0n) is 32.1. The normalized spacial score (nSPS) is 10.5. The summed E-state index contributed by atoms with van der Waals surface area (Å²) in [6, 6.07) is 26.2. The summed E-state index contributed by atoms with van der Waals surface area (Å²) in [5.41, 5.74) is 5.42. The van der Waals surface area contributed by atoms with Gasteiger partial charge in [0.15, 0.2) is 0 Å². The van der Waals surface area contributed by atoms with Gasteiger partial charge in [-0.3, -0.25) is 0 Å². The molecule has 8 nitrogen and oxygen atoms in total. The number of rotatable bonds is 10. The molecule has 5 aromatic rings. The second-order valence-corrected chi connectivity index (χ2v) is 10.3. The smallest absolute Gasteiger partial charge is 0.328 e. The molecule has 5 rings (SSSR count). The maximum atomic E-state index is 11.3. The molecule has 0 aliphatic heterocycles. The molecule has 0 amide bonds. The molecule has 0 bridgehead atoms. The lowest BCUT2D eigenvalue weighted by Crippen LogP contribution is -1.94. The van der Waals surface area contributed by atoms with Crippen LogP contribution in [0.25, 0.3) is 68.1 Å². The second-order valence-electron chi connectivity index (χ2n) is 10.3. The number of carbonyl (C=O) groups is 4. The Labute approximate surface area is 317 Å². The van der Waals surface area contributed by atoms with Gasteiger partial charge in [-0.15, -0.1) is 0 Å². The fourth-order valence-electron chi connectivity index (χ4n) is 5.45. The van der Waals surface area contributed by atoms with Crippen LogP contribution in [-0.2, 0) is 19.2 Å². The largest absolute Gasteiger partial charge is 0.478 e. The molecule has 54 heavy (non-hydrogen) atoms. The molecule has 0 aromatic heterocycles. The van der Waals surface area contributed by atoms with Crippen molar-refractivity contribution in [2.24, 2.45) is 0 Å². The van der Waals surface area contributed by atoms with E-state index in [1.54, 1.807) is 12.1 Å². The Morgan fingerprint density at radius 3 is 0.759 bits per heavy atom. The van der Waals surface area contributed by atoms with Crippen LogP contribution >= 0.6 is 0 Å². The van der Waals surface area contributed by atoms with Gasteiger partial charge < -0.3 is 20.4 Å². The SMILES string of the molecule is CC.CC.CC.CC.O=C(O)/C=C/c1cc(/C=C/C(=O)O)cc(-c2c3ccccc3c(-c3cc(/C=C/C(=O)O)cc(/C=C/C(=O)O)c3)c3ccccc23)c1. The molecule has 0 spiro atoms. The first kappa shape index (κ1) is 45.5. The van der Waals surface area contributed by atoms with E-state index in [0.717, 1.165) is 68.1 Å². The monoisotopic (exact) mass is 730 g/mol. The van der Waals surface area contributed by atoms with Crippen molar-refractivity contribution in [2.75, 3.05) is 0 Å². The quantitative estimate of drug-likeness (QED) is 0.0819. The number of carboxylic acids is 4. The van der Waals surface area contributed by atoms with E-state index in [1.165, 1.54) is 24.3 Å². The summed E-state index contributed by atoms with van der Waals surface area (Å²) in [6.07, 6.45) is 9.87. The van der Waals surface area contributed by atoms with Crippen LogP contribution in [0.5, 0.6) is 0 Å². The van der Waals surface area contributed by atoms with Crippen molar-refractivity contribution >= 4 is 69.7 Å². The van der Waals surface area contributed by atoms with Gasteiger partial charge in [-0.1, -0.05) is 104 Å². The van der Waals surface area contributed by atoms with Crippen molar-refractivity contribution in [3.8, 4) is 22.3 Å². The minimum absolute atomic E-state index is 0.565. The Morgan fingerprint density at radius 1 is 0.370 bits per heavy atom. The zero-order valence-corrected chi connectivity index (χ0v) is 32.1. The predicted octanol–water partition coefficient (Wildman–Crippen LogP) is 11.8. The van der Waals surface area contributed by atoms with Gasteiger partial charge in [-0.05, 0) is 127 Å². The van der Waals surface area contributed by atoms with Crippen molar-refractivity contribution in [3.05, 3.63) is 131 Å². The van der Waals surface area contributed by atoms with Gasteiger partial charge in [0.2, 0.25) is 0 Å². The van der Waals surface area contributed by atoms with E-state index in [-0.39, 0.29) is 0 Å². The molecule has 0 radical (unpaired) electrons. The fraction of sp³-hybridized carbons (Fsp3) is 0.174. The average Bonchev–Trinajstić information content (AvgIpc) is 3.19. The van der Waals surface area contributed by atoms with Crippen LogP contribution in [0.1, 0.15) is 77.6 Å². The molecule has 0 atom stereocenters. The molecule has 0 saturated carbocycles. The molecule has 0 saturated heterocycles. The van der Waals surface area contributed by atoms with Crippen molar-refractivity contribution in [1.29, 1.82) is 0 Å². The van der Waals surface area contributed by atoms with Gasteiger partial charge in [-0.2, -0.15) is 0 Å². The Morgan fingerprint density at radius 2 is 0.574 bits per heavy atom. The van der Waals surface area contributed by atoms with Gasteiger partial charge in [0.1, 0.15) is 0 Å².